The molecule has 18 heavy (non-hydrogen) atoms. The summed E-state index contributed by atoms with van der Waals surface area (Å²) in [5.74, 6) is -0.551. The normalized spacial score (nSPS) is 5.83. The van der Waals surface area contributed by atoms with Crippen molar-refractivity contribution in [2.45, 2.75) is 71.9 Å². The van der Waals surface area contributed by atoms with Gasteiger partial charge in [0, 0.05) is 6.42 Å². The maximum atomic E-state index is 9.95. The third-order valence-electron chi connectivity index (χ3n) is 0.612. The molecule has 0 saturated heterocycles. The van der Waals surface area contributed by atoms with E-state index in [1.54, 1.807) is 0 Å². The Balaban J connectivity index is -0.00000000762. The Morgan fingerprint density at radius 2 is 1.17 bits per heavy atom. The summed E-state index contributed by atoms with van der Waals surface area (Å²) in [5, 5.41) is 0. The first kappa shape index (κ1) is 90.3. The first-order valence-corrected chi connectivity index (χ1v) is 2.66. The highest BCUT2D eigenvalue weighted by Crippen LogP contribution is 1.78. The molecular formula is C14H44N2O2. The lowest BCUT2D eigenvalue weighted by molar-refractivity contribution is -0.120. The number of carbonyl (C=O) groups excluding carboxylic acids is 2. The van der Waals surface area contributed by atoms with Gasteiger partial charge in [0.05, 0.1) is 6.04 Å². The summed E-state index contributed by atoms with van der Waals surface area (Å²) in [7, 11) is 0. The van der Waals surface area contributed by atoms with Crippen LogP contribution < -0.4 is 11.5 Å². The zero-order valence-corrected chi connectivity index (χ0v) is 5.75. The van der Waals surface area contributed by atoms with Gasteiger partial charge in [0.15, 0.2) is 0 Å². The smallest absolute Gasteiger partial charge is 0.219 e. The molecule has 0 aromatic rings. The van der Waals surface area contributed by atoms with Gasteiger partial charge in [-0.3, -0.25) is 4.79 Å². The lowest BCUT2D eigenvalue weighted by atomic mass is 10.2. The number of primary amides is 1. The van der Waals surface area contributed by atoms with Crippen LogP contribution in [0.5, 0.6) is 0 Å². The molecule has 0 fully saturated rings. The molecule has 4 heteroatoms. The summed E-state index contributed by atoms with van der Waals surface area (Å²) in [6.07, 6.45) is 0.425. The molecule has 4 N–H and O–H groups in total. The van der Waals surface area contributed by atoms with E-state index >= 15 is 0 Å². The Morgan fingerprint density at radius 1 is 0.944 bits per heavy atom. The minimum absolute atomic E-state index is 0. The van der Waals surface area contributed by atoms with E-state index in [0.29, 0.717) is 6.29 Å². The third kappa shape index (κ3) is 121. The Labute approximate surface area is 119 Å². The van der Waals surface area contributed by atoms with Crippen LogP contribution in [0.4, 0.5) is 0 Å². The quantitative estimate of drug-likeness (QED) is 0.594. The number of amides is 1. The van der Waals surface area contributed by atoms with Crippen molar-refractivity contribution in [3.05, 3.63) is 13.2 Å². The molecule has 0 aromatic heterocycles. The summed E-state index contributed by atoms with van der Waals surface area (Å²) >= 11 is 0. The van der Waals surface area contributed by atoms with Crippen LogP contribution in [0.15, 0.2) is 13.2 Å². The number of hydrogen-bond donors (Lipinski definition) is 2. The first-order chi connectivity index (χ1) is 4.66. The zero-order valence-electron chi connectivity index (χ0n) is 5.75. The number of hydrogen-bond acceptors (Lipinski definition) is 3. The fraction of sp³-hybridized carbons (Fsp3) is 0.714. The van der Waals surface area contributed by atoms with Crippen LogP contribution in [0.2, 0.25) is 0 Å². The highest BCUT2D eigenvalue weighted by atomic mass is 16.1. The van der Waals surface area contributed by atoms with Gasteiger partial charge in [0.1, 0.15) is 6.29 Å². The second-order valence-electron chi connectivity index (χ2n) is 1.47. The largest absolute Gasteiger partial charge is 0.370 e. The van der Waals surface area contributed by atoms with Crippen molar-refractivity contribution in [2.24, 2.45) is 11.5 Å². The minimum Gasteiger partial charge on any atom is -0.370 e. The van der Waals surface area contributed by atoms with Crippen molar-refractivity contribution in [2.75, 3.05) is 0 Å². The van der Waals surface area contributed by atoms with Crippen molar-refractivity contribution in [3.8, 4) is 0 Å². The summed E-state index contributed by atoms with van der Waals surface area (Å²) in [4.78, 5) is 19.7. The molecule has 0 radical (unpaired) electrons. The van der Waals surface area contributed by atoms with Gasteiger partial charge in [-0.05, 0) is 0 Å². The maximum absolute atomic E-state index is 9.95. The SMILES string of the molecule is C.C.C.C.C.C.C.C.C=C.NC(=O)C[C@@H](N)C=O. The van der Waals surface area contributed by atoms with E-state index < -0.39 is 11.9 Å². The van der Waals surface area contributed by atoms with Crippen molar-refractivity contribution >= 4 is 12.2 Å². The molecule has 0 bridgehead atoms. The number of carbonyl (C=O) groups is 2. The Bertz CT molecular complexity index is 118. The fourth-order valence-electron chi connectivity index (χ4n) is 0.280. The van der Waals surface area contributed by atoms with Crippen molar-refractivity contribution in [1.82, 2.24) is 0 Å². The number of rotatable bonds is 3. The molecule has 4 nitrogen and oxygen atoms in total. The average molecular weight is 273 g/mol. The average Bonchev–Trinajstić information content (AvgIpc) is 1.91. The monoisotopic (exact) mass is 272 g/mol. The van der Waals surface area contributed by atoms with E-state index in [0.717, 1.165) is 0 Å². The topological polar surface area (TPSA) is 86.2 Å². The predicted octanol–water partition coefficient (Wildman–Crippen LogP) is 4.28. The van der Waals surface area contributed by atoms with Crippen LogP contribution in [0.1, 0.15) is 65.8 Å². The standard InChI is InChI=1S/C4H8N2O2.C2H4.8CH4/c5-3(2-7)1-4(6)8;1-2;;;;;;;;/h2-3H,1,5H2,(H2,6,8);1-2H2;8*1H4/t3-;;;;;;;;;/m1........./s1. The third-order valence-corrected chi connectivity index (χ3v) is 0.612. The Kier molecular flexibility index (Phi) is 374. The lowest BCUT2D eigenvalue weighted by Crippen LogP contribution is -2.28. The van der Waals surface area contributed by atoms with Gasteiger partial charge in [-0.15, -0.1) is 13.2 Å². The summed E-state index contributed by atoms with van der Waals surface area (Å²) in [6.45, 7) is 6.00. The highest BCUT2D eigenvalue weighted by Gasteiger charge is 2.02. The minimum atomic E-state index is -0.729. The second-order valence-corrected chi connectivity index (χ2v) is 1.47. The van der Waals surface area contributed by atoms with Crippen LogP contribution in [0.25, 0.3) is 0 Å². The van der Waals surface area contributed by atoms with Crippen LogP contribution in [0, 0.1) is 0 Å². The van der Waals surface area contributed by atoms with Gasteiger partial charge in [0.25, 0.3) is 0 Å². The summed E-state index contributed by atoms with van der Waals surface area (Å²) < 4.78 is 0. The second kappa shape index (κ2) is 74.6. The number of aldehydes is 1. The van der Waals surface area contributed by atoms with Crippen molar-refractivity contribution < 1.29 is 9.59 Å². The molecule has 0 aliphatic heterocycles. The van der Waals surface area contributed by atoms with E-state index in [2.05, 4.69) is 13.2 Å². The molecule has 0 aromatic carbocycles. The van der Waals surface area contributed by atoms with Gasteiger partial charge in [-0.25, -0.2) is 0 Å². The Hall–Kier alpha value is -1.16. The molecule has 0 aliphatic rings. The van der Waals surface area contributed by atoms with E-state index in [4.69, 9.17) is 11.5 Å². The molecule has 1 amide bonds. The first-order valence-electron chi connectivity index (χ1n) is 2.66. The van der Waals surface area contributed by atoms with E-state index in [1.807, 2.05) is 0 Å². The lowest BCUT2D eigenvalue weighted by Gasteiger charge is -1.95. The molecule has 122 valence electrons. The summed E-state index contributed by atoms with van der Waals surface area (Å²) in [5.41, 5.74) is 9.70. The fourth-order valence-corrected chi connectivity index (χ4v) is 0.280. The molecule has 0 saturated carbocycles. The molecule has 0 spiro atoms. The van der Waals surface area contributed by atoms with Crippen molar-refractivity contribution in [3.63, 3.8) is 0 Å². The van der Waals surface area contributed by atoms with E-state index in [1.165, 1.54) is 0 Å². The molecule has 1 atom stereocenters. The maximum Gasteiger partial charge on any atom is 0.219 e. The zero-order chi connectivity index (χ0) is 8.57. The predicted molar refractivity (Wildman–Crippen MR) is 93.0 cm³/mol. The molecule has 0 aliphatic carbocycles. The van der Waals surface area contributed by atoms with Crippen molar-refractivity contribution in [1.29, 1.82) is 0 Å². The highest BCUT2D eigenvalue weighted by molar-refractivity contribution is 5.78. The van der Waals surface area contributed by atoms with Crippen LogP contribution >= 0.6 is 0 Å². The van der Waals surface area contributed by atoms with Gasteiger partial charge in [-0.2, -0.15) is 0 Å². The number of nitrogens with two attached hydrogens (primary N) is 2. The molecular weight excluding hydrogens is 228 g/mol. The van der Waals surface area contributed by atoms with Crippen LogP contribution in [0.3, 0.4) is 0 Å². The van der Waals surface area contributed by atoms with Gasteiger partial charge in [0.2, 0.25) is 5.91 Å². The van der Waals surface area contributed by atoms with Gasteiger partial charge >= 0.3 is 0 Å². The van der Waals surface area contributed by atoms with Crippen LogP contribution in [-0.4, -0.2) is 18.2 Å². The van der Waals surface area contributed by atoms with E-state index in [-0.39, 0.29) is 65.8 Å². The van der Waals surface area contributed by atoms with Gasteiger partial charge in [-0.1, -0.05) is 59.4 Å². The Morgan fingerprint density at radius 3 is 1.22 bits per heavy atom. The summed E-state index contributed by atoms with van der Waals surface area (Å²) in [6, 6.07) is -0.729. The molecule has 0 rings (SSSR count). The molecule has 0 unspecified atom stereocenters. The van der Waals surface area contributed by atoms with Crippen LogP contribution in [-0.2, 0) is 9.59 Å². The van der Waals surface area contributed by atoms with E-state index in [9.17, 15) is 9.59 Å². The molecule has 0 heterocycles. The van der Waals surface area contributed by atoms with Gasteiger partial charge < -0.3 is 16.3 Å².